The molecule has 3 rings (SSSR count). The first-order chi connectivity index (χ1) is 14.0. The van der Waals surface area contributed by atoms with Gasteiger partial charge in [-0.2, -0.15) is 8.42 Å². The summed E-state index contributed by atoms with van der Waals surface area (Å²) in [5.74, 6) is 0.165. The maximum Gasteiger partial charge on any atom is 0.407 e. The number of fused-ring (bicyclic) bond motifs is 1. The van der Waals surface area contributed by atoms with Gasteiger partial charge >= 0.3 is 6.09 Å². The number of likely N-dealkylation sites (N-methyl/N-ethyl adjacent to an activating group) is 1. The molecule has 0 spiro atoms. The normalized spacial score (nSPS) is 18.4. The molecule has 2 amide bonds. The van der Waals surface area contributed by atoms with Crippen LogP contribution in [0.15, 0.2) is 33.6 Å². The summed E-state index contributed by atoms with van der Waals surface area (Å²) in [4.78, 5) is 28.1. The van der Waals surface area contributed by atoms with Crippen LogP contribution in [0.25, 0.3) is 0 Å². The van der Waals surface area contributed by atoms with Crippen LogP contribution in [-0.4, -0.2) is 74.4 Å². The number of hydrogen-bond acceptors (Lipinski definition) is 6. The summed E-state index contributed by atoms with van der Waals surface area (Å²) in [5.41, 5.74) is -0.0477. The lowest BCUT2D eigenvalue weighted by molar-refractivity contribution is -0.132. The van der Waals surface area contributed by atoms with Gasteiger partial charge < -0.3 is 19.9 Å². The van der Waals surface area contributed by atoms with E-state index in [0.29, 0.717) is 31.5 Å². The van der Waals surface area contributed by atoms with Gasteiger partial charge in [-0.1, -0.05) is 12.1 Å². The SMILES string of the molecule is CN(CC(=O)N1CCC(NC(=O)OC(C)(C)C)CC1)C1=NS(=O)(=O)c2ccccc21. The third kappa shape index (κ3) is 5.10. The first-order valence-corrected chi connectivity index (χ1v) is 11.3. The van der Waals surface area contributed by atoms with E-state index in [4.69, 9.17) is 4.74 Å². The van der Waals surface area contributed by atoms with Crippen LogP contribution in [-0.2, 0) is 19.6 Å². The highest BCUT2D eigenvalue weighted by molar-refractivity contribution is 7.90. The third-order valence-corrected chi connectivity index (χ3v) is 6.24. The van der Waals surface area contributed by atoms with Gasteiger partial charge in [-0.15, -0.1) is 4.40 Å². The van der Waals surface area contributed by atoms with Gasteiger partial charge in [-0.3, -0.25) is 4.79 Å². The van der Waals surface area contributed by atoms with Crippen LogP contribution >= 0.6 is 0 Å². The molecular weight excluding hydrogens is 408 g/mol. The van der Waals surface area contributed by atoms with Crippen molar-refractivity contribution in [3.63, 3.8) is 0 Å². The zero-order chi connectivity index (χ0) is 22.1. The Morgan fingerprint density at radius 1 is 1.23 bits per heavy atom. The van der Waals surface area contributed by atoms with Crippen LogP contribution in [0, 0.1) is 0 Å². The average Bonchev–Trinajstić information content (AvgIpc) is 2.92. The van der Waals surface area contributed by atoms with Gasteiger partial charge in [0.15, 0.2) is 5.84 Å². The van der Waals surface area contributed by atoms with Crippen molar-refractivity contribution in [2.24, 2.45) is 4.40 Å². The van der Waals surface area contributed by atoms with Crippen molar-refractivity contribution in [2.75, 3.05) is 26.7 Å². The number of rotatable bonds is 3. The molecule has 0 saturated carbocycles. The number of alkyl carbamates (subject to hydrolysis) is 1. The monoisotopic (exact) mass is 436 g/mol. The number of hydrogen-bond donors (Lipinski definition) is 1. The zero-order valence-corrected chi connectivity index (χ0v) is 18.5. The molecule has 1 aromatic carbocycles. The quantitative estimate of drug-likeness (QED) is 0.771. The fourth-order valence-electron chi connectivity index (χ4n) is 3.49. The molecule has 1 saturated heterocycles. The first kappa shape index (κ1) is 22.1. The van der Waals surface area contributed by atoms with Crippen molar-refractivity contribution in [3.05, 3.63) is 29.8 Å². The number of amides is 2. The minimum Gasteiger partial charge on any atom is -0.444 e. The van der Waals surface area contributed by atoms with Gasteiger partial charge in [-0.05, 0) is 45.7 Å². The Kier molecular flexibility index (Phi) is 6.07. The second-order valence-electron chi connectivity index (χ2n) is 8.54. The van der Waals surface area contributed by atoms with Crippen molar-refractivity contribution >= 4 is 27.9 Å². The van der Waals surface area contributed by atoms with Gasteiger partial charge in [0, 0.05) is 31.7 Å². The fourth-order valence-corrected chi connectivity index (χ4v) is 4.74. The Morgan fingerprint density at radius 2 is 1.87 bits per heavy atom. The molecule has 1 aromatic rings. The van der Waals surface area contributed by atoms with Gasteiger partial charge in [0.05, 0.1) is 6.54 Å². The highest BCUT2D eigenvalue weighted by Crippen LogP contribution is 2.27. The molecule has 0 aliphatic carbocycles. The Morgan fingerprint density at radius 3 is 2.50 bits per heavy atom. The summed E-state index contributed by atoms with van der Waals surface area (Å²) in [5, 5.41) is 2.85. The highest BCUT2D eigenvalue weighted by atomic mass is 32.2. The lowest BCUT2D eigenvalue weighted by Crippen LogP contribution is -2.49. The van der Waals surface area contributed by atoms with Gasteiger partial charge in [0.1, 0.15) is 10.5 Å². The number of amidine groups is 1. The molecule has 2 aliphatic heterocycles. The van der Waals surface area contributed by atoms with Crippen LogP contribution in [0.2, 0.25) is 0 Å². The zero-order valence-electron chi connectivity index (χ0n) is 17.7. The molecule has 10 heteroatoms. The molecule has 1 N–H and O–H groups in total. The number of carbonyl (C=O) groups is 2. The van der Waals surface area contributed by atoms with E-state index in [1.54, 1.807) is 35.0 Å². The summed E-state index contributed by atoms with van der Waals surface area (Å²) >= 11 is 0. The number of piperidine rings is 1. The molecule has 164 valence electrons. The molecule has 9 nitrogen and oxygen atoms in total. The van der Waals surface area contributed by atoms with E-state index in [1.165, 1.54) is 6.07 Å². The van der Waals surface area contributed by atoms with Gasteiger partial charge in [0.2, 0.25) is 5.91 Å². The summed E-state index contributed by atoms with van der Waals surface area (Å²) in [7, 11) is -2.07. The maximum atomic E-state index is 12.7. The summed E-state index contributed by atoms with van der Waals surface area (Å²) < 4.78 is 33.5. The molecule has 0 bridgehead atoms. The number of likely N-dealkylation sites (tertiary alicyclic amines) is 1. The molecule has 0 atom stereocenters. The molecule has 0 aromatic heterocycles. The van der Waals surface area contributed by atoms with E-state index in [1.807, 2.05) is 20.8 Å². The highest BCUT2D eigenvalue weighted by Gasteiger charge is 2.32. The Labute approximate surface area is 177 Å². The maximum absolute atomic E-state index is 12.7. The topological polar surface area (TPSA) is 108 Å². The second kappa shape index (κ2) is 8.25. The summed E-state index contributed by atoms with van der Waals surface area (Å²) in [6, 6.07) is 6.55. The molecule has 2 heterocycles. The van der Waals surface area contributed by atoms with E-state index in [0.717, 1.165) is 0 Å². The smallest absolute Gasteiger partial charge is 0.407 e. The van der Waals surface area contributed by atoms with Crippen LogP contribution in [0.3, 0.4) is 0 Å². The fraction of sp³-hybridized carbons (Fsp3) is 0.550. The molecular formula is C20H28N4O5S. The third-order valence-electron chi connectivity index (χ3n) is 4.92. The average molecular weight is 437 g/mol. The molecule has 0 radical (unpaired) electrons. The van der Waals surface area contributed by atoms with E-state index in [-0.39, 0.29) is 29.2 Å². The van der Waals surface area contributed by atoms with Crippen molar-refractivity contribution in [3.8, 4) is 0 Å². The predicted molar refractivity (Wildman–Crippen MR) is 112 cm³/mol. The van der Waals surface area contributed by atoms with Gasteiger partial charge in [-0.25, -0.2) is 4.79 Å². The van der Waals surface area contributed by atoms with Crippen LogP contribution in [0.1, 0.15) is 39.2 Å². The number of nitrogens with one attached hydrogen (secondary N) is 1. The predicted octanol–water partition coefficient (Wildman–Crippen LogP) is 1.58. The lowest BCUT2D eigenvalue weighted by Gasteiger charge is -2.34. The number of ether oxygens (including phenoxy) is 1. The largest absolute Gasteiger partial charge is 0.444 e. The summed E-state index contributed by atoms with van der Waals surface area (Å²) in [6.45, 7) is 6.46. The van der Waals surface area contributed by atoms with E-state index in [2.05, 4.69) is 9.71 Å². The standard InChI is InChI=1S/C20H28N4O5S/c1-20(2,3)29-19(26)21-14-9-11-24(12-10-14)17(25)13-23(4)18-15-7-5-6-8-16(15)30(27,28)22-18/h5-8,14H,9-13H2,1-4H3,(H,21,26). The number of carbonyl (C=O) groups excluding carboxylic acids is 2. The lowest BCUT2D eigenvalue weighted by atomic mass is 10.1. The molecule has 0 unspecified atom stereocenters. The Hall–Kier alpha value is -2.62. The van der Waals surface area contributed by atoms with Gasteiger partial charge in [0.25, 0.3) is 10.0 Å². The molecule has 2 aliphatic rings. The van der Waals surface area contributed by atoms with Crippen molar-refractivity contribution in [1.29, 1.82) is 0 Å². The van der Waals surface area contributed by atoms with E-state index < -0.39 is 21.7 Å². The van der Waals surface area contributed by atoms with Crippen molar-refractivity contribution in [1.82, 2.24) is 15.1 Å². The van der Waals surface area contributed by atoms with Crippen molar-refractivity contribution < 1.29 is 22.7 Å². The Bertz CT molecular complexity index is 960. The van der Waals surface area contributed by atoms with Crippen LogP contribution < -0.4 is 5.32 Å². The molecule has 1 fully saturated rings. The summed E-state index contributed by atoms with van der Waals surface area (Å²) in [6.07, 6.45) is 0.811. The number of sulfonamides is 1. The van der Waals surface area contributed by atoms with E-state index >= 15 is 0 Å². The van der Waals surface area contributed by atoms with E-state index in [9.17, 15) is 18.0 Å². The Balaban J connectivity index is 1.54. The second-order valence-corrected chi connectivity index (χ2v) is 10.1. The minimum atomic E-state index is -3.72. The minimum absolute atomic E-state index is 0.0207. The van der Waals surface area contributed by atoms with Crippen molar-refractivity contribution in [2.45, 2.75) is 50.2 Å². The molecule has 30 heavy (non-hydrogen) atoms. The van der Waals surface area contributed by atoms with Crippen LogP contribution in [0.5, 0.6) is 0 Å². The number of benzene rings is 1. The van der Waals surface area contributed by atoms with Crippen LogP contribution in [0.4, 0.5) is 4.79 Å². The number of nitrogens with zero attached hydrogens (tertiary/aromatic N) is 3. The first-order valence-electron chi connectivity index (χ1n) is 9.89.